The topological polar surface area (TPSA) is 72.0 Å². The van der Waals surface area contributed by atoms with Gasteiger partial charge >= 0.3 is 5.97 Å². The average Bonchev–Trinajstić information content (AvgIpc) is 2.66. The number of benzene rings is 1. The predicted molar refractivity (Wildman–Crippen MR) is 106 cm³/mol. The number of methoxy groups -OCH3 is 1. The Labute approximate surface area is 157 Å². The summed E-state index contributed by atoms with van der Waals surface area (Å²) in [7, 11) is 3.47. The van der Waals surface area contributed by atoms with Crippen molar-refractivity contribution >= 4 is 11.9 Å². The van der Waals surface area contributed by atoms with E-state index in [1.165, 1.54) is 5.56 Å². The van der Waals surface area contributed by atoms with Crippen molar-refractivity contribution < 1.29 is 14.3 Å². The van der Waals surface area contributed by atoms with Crippen LogP contribution in [-0.4, -0.2) is 45.8 Å². The highest BCUT2D eigenvalue weighted by Crippen LogP contribution is 2.17. The Balaban J connectivity index is 2.11. The van der Waals surface area contributed by atoms with Crippen molar-refractivity contribution in [2.75, 3.05) is 33.9 Å². The summed E-state index contributed by atoms with van der Waals surface area (Å²) >= 11 is 0. The highest BCUT2D eigenvalue weighted by atomic mass is 16.5. The zero-order valence-electron chi connectivity index (χ0n) is 16.3. The molecule has 0 bridgehead atoms. The normalized spacial score (nSPS) is 11.1. The fraction of sp³-hybridized carbons (Fsp3) is 0.600. The van der Waals surface area contributed by atoms with Crippen molar-refractivity contribution in [1.82, 2.24) is 10.6 Å². The van der Waals surface area contributed by atoms with Gasteiger partial charge in [-0.05, 0) is 37.8 Å². The second-order valence-corrected chi connectivity index (χ2v) is 5.96. The number of guanidine groups is 1. The molecule has 0 fully saturated rings. The molecular formula is C20H33N3O3. The second kappa shape index (κ2) is 14.0. The number of aliphatic imine (C=N–C) groups is 1. The number of hydrogen-bond acceptors (Lipinski definition) is 4. The zero-order chi connectivity index (χ0) is 19.0. The summed E-state index contributed by atoms with van der Waals surface area (Å²) in [6, 6.07) is 8.05. The maximum absolute atomic E-state index is 11.2. The number of esters is 1. The molecule has 0 unspecified atom stereocenters. The first-order valence-electron chi connectivity index (χ1n) is 9.43. The van der Waals surface area contributed by atoms with Crippen LogP contribution in [0, 0.1) is 0 Å². The van der Waals surface area contributed by atoms with Crippen molar-refractivity contribution in [3.63, 3.8) is 0 Å². The van der Waals surface area contributed by atoms with E-state index in [0.717, 1.165) is 56.9 Å². The summed E-state index contributed by atoms with van der Waals surface area (Å²) in [6.07, 6.45) is 5.47. The van der Waals surface area contributed by atoms with Crippen LogP contribution in [0.2, 0.25) is 0 Å². The average molecular weight is 364 g/mol. The van der Waals surface area contributed by atoms with Gasteiger partial charge in [-0.15, -0.1) is 0 Å². The Morgan fingerprint density at radius 1 is 1.08 bits per heavy atom. The van der Waals surface area contributed by atoms with Gasteiger partial charge in [0.2, 0.25) is 0 Å². The molecule has 2 N–H and O–H groups in total. The fourth-order valence-electron chi connectivity index (χ4n) is 2.63. The Hall–Kier alpha value is -2.24. The summed E-state index contributed by atoms with van der Waals surface area (Å²) in [6.45, 7) is 3.96. The lowest BCUT2D eigenvalue weighted by Crippen LogP contribution is -2.38. The van der Waals surface area contributed by atoms with Crippen molar-refractivity contribution in [2.24, 2.45) is 4.99 Å². The van der Waals surface area contributed by atoms with E-state index in [9.17, 15) is 4.79 Å². The Morgan fingerprint density at radius 3 is 2.54 bits per heavy atom. The number of carbonyl (C=O) groups excluding carboxylic acids is 1. The fourth-order valence-corrected chi connectivity index (χ4v) is 2.63. The Morgan fingerprint density at radius 2 is 1.81 bits per heavy atom. The van der Waals surface area contributed by atoms with Gasteiger partial charge in [-0.25, -0.2) is 0 Å². The number of hydrogen-bond donors (Lipinski definition) is 2. The van der Waals surface area contributed by atoms with E-state index < -0.39 is 0 Å². The van der Waals surface area contributed by atoms with Gasteiger partial charge in [0.05, 0.1) is 13.7 Å². The van der Waals surface area contributed by atoms with Crippen molar-refractivity contribution in [2.45, 2.75) is 45.4 Å². The summed E-state index contributed by atoms with van der Waals surface area (Å²) in [5.41, 5.74) is 1.18. The molecule has 1 aromatic carbocycles. The molecule has 0 heterocycles. The molecule has 1 aromatic rings. The number of nitrogens with one attached hydrogen (secondary N) is 2. The van der Waals surface area contributed by atoms with Crippen LogP contribution in [0.5, 0.6) is 5.75 Å². The molecular weight excluding hydrogens is 330 g/mol. The van der Waals surface area contributed by atoms with Crippen molar-refractivity contribution in [3.8, 4) is 5.75 Å². The number of ether oxygens (including phenoxy) is 2. The minimum Gasteiger partial charge on any atom is -0.496 e. The number of para-hydroxylation sites is 1. The van der Waals surface area contributed by atoms with Crippen LogP contribution in [0.15, 0.2) is 29.3 Å². The van der Waals surface area contributed by atoms with E-state index >= 15 is 0 Å². The smallest absolute Gasteiger partial charge is 0.305 e. The van der Waals surface area contributed by atoms with Crippen LogP contribution in [0.1, 0.15) is 44.6 Å². The minimum atomic E-state index is -0.0923. The monoisotopic (exact) mass is 363 g/mol. The van der Waals surface area contributed by atoms with Gasteiger partial charge in [0.25, 0.3) is 0 Å². The van der Waals surface area contributed by atoms with Gasteiger partial charge in [0.1, 0.15) is 5.75 Å². The molecule has 0 saturated heterocycles. The minimum absolute atomic E-state index is 0.0923. The summed E-state index contributed by atoms with van der Waals surface area (Å²) in [5.74, 6) is 1.64. The molecule has 146 valence electrons. The van der Waals surface area contributed by atoms with E-state index in [-0.39, 0.29) is 5.97 Å². The molecule has 0 radical (unpaired) electrons. The molecule has 0 aromatic heterocycles. The predicted octanol–water partition coefficient (Wildman–Crippen LogP) is 2.92. The van der Waals surface area contributed by atoms with Gasteiger partial charge in [0.15, 0.2) is 5.96 Å². The molecule has 0 aliphatic heterocycles. The van der Waals surface area contributed by atoms with E-state index in [1.807, 2.05) is 25.1 Å². The van der Waals surface area contributed by atoms with E-state index in [2.05, 4.69) is 21.7 Å². The number of unbranched alkanes of at least 4 members (excludes halogenated alkanes) is 3. The highest BCUT2D eigenvalue weighted by molar-refractivity contribution is 5.79. The van der Waals surface area contributed by atoms with Crippen LogP contribution < -0.4 is 15.4 Å². The zero-order valence-corrected chi connectivity index (χ0v) is 16.3. The number of rotatable bonds is 12. The third-order valence-corrected chi connectivity index (χ3v) is 4.01. The molecule has 1 rings (SSSR count). The third kappa shape index (κ3) is 9.30. The van der Waals surface area contributed by atoms with Crippen molar-refractivity contribution in [1.29, 1.82) is 0 Å². The third-order valence-electron chi connectivity index (χ3n) is 4.01. The largest absolute Gasteiger partial charge is 0.496 e. The van der Waals surface area contributed by atoms with Gasteiger partial charge < -0.3 is 20.1 Å². The molecule has 0 spiro atoms. The van der Waals surface area contributed by atoms with Gasteiger partial charge in [0, 0.05) is 26.6 Å². The molecule has 6 nitrogen and oxygen atoms in total. The van der Waals surface area contributed by atoms with Crippen LogP contribution in [-0.2, 0) is 16.0 Å². The van der Waals surface area contributed by atoms with Crippen LogP contribution >= 0.6 is 0 Å². The molecule has 0 aliphatic carbocycles. The van der Waals surface area contributed by atoms with Gasteiger partial charge in [-0.2, -0.15) is 0 Å². The van der Waals surface area contributed by atoms with Gasteiger partial charge in [-0.1, -0.05) is 31.0 Å². The SMILES string of the molecule is CCOC(=O)CCCCCCNC(=NC)NCCc1ccccc1OC. The lowest BCUT2D eigenvalue weighted by atomic mass is 10.1. The molecule has 0 amide bonds. The Bertz CT molecular complexity index is 547. The standard InChI is InChI=1S/C20H33N3O3/c1-4-26-19(24)13-7-5-6-10-15-22-20(21-2)23-16-14-17-11-8-9-12-18(17)25-3/h8-9,11-12H,4-7,10,13-16H2,1-3H3,(H2,21,22,23). The maximum Gasteiger partial charge on any atom is 0.305 e. The summed E-state index contributed by atoms with van der Waals surface area (Å²) in [4.78, 5) is 15.5. The van der Waals surface area contributed by atoms with E-state index in [1.54, 1.807) is 14.2 Å². The first-order valence-corrected chi connectivity index (χ1v) is 9.43. The van der Waals surface area contributed by atoms with Gasteiger partial charge in [-0.3, -0.25) is 9.79 Å². The molecule has 0 atom stereocenters. The lowest BCUT2D eigenvalue weighted by Gasteiger charge is -2.13. The molecule has 0 saturated carbocycles. The summed E-state index contributed by atoms with van der Waals surface area (Å²) in [5, 5.41) is 6.64. The quantitative estimate of drug-likeness (QED) is 0.259. The first kappa shape index (κ1) is 21.8. The summed E-state index contributed by atoms with van der Waals surface area (Å²) < 4.78 is 10.3. The van der Waals surface area contributed by atoms with Crippen LogP contribution in [0.4, 0.5) is 0 Å². The first-order chi connectivity index (χ1) is 12.7. The van der Waals surface area contributed by atoms with E-state index in [0.29, 0.717) is 13.0 Å². The molecule has 0 aliphatic rings. The van der Waals surface area contributed by atoms with Crippen LogP contribution in [0.25, 0.3) is 0 Å². The number of carbonyl (C=O) groups is 1. The van der Waals surface area contributed by atoms with Crippen molar-refractivity contribution in [3.05, 3.63) is 29.8 Å². The highest BCUT2D eigenvalue weighted by Gasteiger charge is 2.03. The number of nitrogens with zero attached hydrogens (tertiary/aromatic N) is 1. The second-order valence-electron chi connectivity index (χ2n) is 5.96. The maximum atomic E-state index is 11.2. The lowest BCUT2D eigenvalue weighted by molar-refractivity contribution is -0.143. The molecule has 26 heavy (non-hydrogen) atoms. The van der Waals surface area contributed by atoms with E-state index in [4.69, 9.17) is 9.47 Å². The van der Waals surface area contributed by atoms with Crippen LogP contribution in [0.3, 0.4) is 0 Å². The Kier molecular flexibility index (Phi) is 11.7. The molecule has 6 heteroatoms.